The van der Waals surface area contributed by atoms with Gasteiger partial charge >= 0.3 is 0 Å². The fourth-order valence-corrected chi connectivity index (χ4v) is 5.51. The van der Waals surface area contributed by atoms with Crippen molar-refractivity contribution >= 4 is 10.8 Å². The van der Waals surface area contributed by atoms with Crippen LogP contribution in [0.2, 0.25) is 0 Å². The number of nitriles is 2. The minimum atomic E-state index is -0.253. The standard InChI is InChI=1S/C40H24N4O2/c41-25-27-15-19-32(20-16-27)44-40(45)35-14-8-7-13-34(35)38(43-44)31-23-36(29-9-3-1-4-10-29)39(37(24-31)30-11-5-2-6-12-30)46-33-21-17-28(26-42)18-22-33/h1-24H. The Morgan fingerprint density at radius 3 is 1.61 bits per heavy atom. The number of aromatic nitrogens is 2. The maximum absolute atomic E-state index is 13.7. The molecular weight excluding hydrogens is 568 g/mol. The number of hydrogen-bond donors (Lipinski definition) is 0. The highest BCUT2D eigenvalue weighted by Gasteiger charge is 2.21. The largest absolute Gasteiger partial charge is 0.456 e. The Morgan fingerprint density at radius 2 is 1.07 bits per heavy atom. The second kappa shape index (κ2) is 12.1. The van der Waals surface area contributed by atoms with Gasteiger partial charge in [-0.25, -0.2) is 0 Å². The lowest BCUT2D eigenvalue weighted by atomic mass is 9.92. The normalized spacial score (nSPS) is 10.7. The Hall–Kier alpha value is -6.76. The van der Waals surface area contributed by atoms with E-state index >= 15 is 0 Å². The highest BCUT2D eigenvalue weighted by atomic mass is 16.5. The predicted molar refractivity (Wildman–Crippen MR) is 180 cm³/mol. The molecule has 0 aliphatic rings. The van der Waals surface area contributed by atoms with E-state index in [-0.39, 0.29) is 5.56 Å². The van der Waals surface area contributed by atoms with Crippen LogP contribution in [0.5, 0.6) is 11.5 Å². The summed E-state index contributed by atoms with van der Waals surface area (Å²) in [5.74, 6) is 1.25. The fourth-order valence-electron chi connectivity index (χ4n) is 5.51. The zero-order valence-electron chi connectivity index (χ0n) is 24.5. The van der Waals surface area contributed by atoms with Crippen molar-refractivity contribution in [2.24, 2.45) is 0 Å². The molecule has 0 N–H and O–H groups in total. The van der Waals surface area contributed by atoms with E-state index in [4.69, 9.17) is 9.84 Å². The first kappa shape index (κ1) is 28.0. The molecule has 0 saturated carbocycles. The molecule has 1 aromatic heterocycles. The van der Waals surface area contributed by atoms with Crippen LogP contribution in [-0.2, 0) is 0 Å². The summed E-state index contributed by atoms with van der Waals surface area (Å²) in [4.78, 5) is 13.7. The van der Waals surface area contributed by atoms with Crippen LogP contribution < -0.4 is 10.3 Å². The van der Waals surface area contributed by atoms with Crippen molar-refractivity contribution in [1.29, 1.82) is 10.5 Å². The monoisotopic (exact) mass is 592 g/mol. The Labute approximate surface area is 265 Å². The predicted octanol–water partition coefficient (Wildman–Crippen LogP) is 8.92. The highest BCUT2D eigenvalue weighted by molar-refractivity contribution is 5.97. The molecule has 216 valence electrons. The van der Waals surface area contributed by atoms with Crippen molar-refractivity contribution in [1.82, 2.24) is 9.78 Å². The van der Waals surface area contributed by atoms with Crippen LogP contribution >= 0.6 is 0 Å². The van der Waals surface area contributed by atoms with E-state index in [0.29, 0.717) is 39.4 Å². The Morgan fingerprint density at radius 1 is 0.565 bits per heavy atom. The van der Waals surface area contributed by atoms with Gasteiger partial charge in [0.15, 0.2) is 0 Å². The number of nitrogens with zero attached hydrogens (tertiary/aromatic N) is 4. The molecule has 1 heterocycles. The van der Waals surface area contributed by atoms with E-state index in [9.17, 15) is 15.3 Å². The molecule has 0 bridgehead atoms. The van der Waals surface area contributed by atoms with Crippen molar-refractivity contribution in [3.8, 4) is 62.8 Å². The van der Waals surface area contributed by atoms with Crippen molar-refractivity contribution < 1.29 is 4.74 Å². The van der Waals surface area contributed by atoms with Gasteiger partial charge in [0, 0.05) is 22.1 Å². The van der Waals surface area contributed by atoms with E-state index < -0.39 is 0 Å². The van der Waals surface area contributed by atoms with Crippen LogP contribution in [0.15, 0.2) is 150 Å². The van der Waals surface area contributed by atoms with E-state index in [0.717, 1.165) is 33.2 Å². The third kappa shape index (κ3) is 5.28. The summed E-state index contributed by atoms with van der Waals surface area (Å²) in [7, 11) is 0. The van der Waals surface area contributed by atoms with Crippen LogP contribution in [-0.4, -0.2) is 9.78 Å². The number of ether oxygens (including phenoxy) is 1. The Bertz CT molecular complexity index is 2290. The van der Waals surface area contributed by atoms with Gasteiger partial charge in [-0.15, -0.1) is 0 Å². The summed E-state index contributed by atoms with van der Waals surface area (Å²) in [6.45, 7) is 0. The summed E-state index contributed by atoms with van der Waals surface area (Å²) in [6.07, 6.45) is 0. The summed E-state index contributed by atoms with van der Waals surface area (Å²) < 4.78 is 8.04. The molecule has 0 aliphatic heterocycles. The van der Waals surface area contributed by atoms with Gasteiger partial charge < -0.3 is 4.74 Å². The van der Waals surface area contributed by atoms with E-state index in [1.165, 1.54) is 4.68 Å². The average molecular weight is 593 g/mol. The lowest BCUT2D eigenvalue weighted by molar-refractivity contribution is 0.486. The molecular formula is C40H24N4O2. The van der Waals surface area contributed by atoms with Crippen molar-refractivity contribution in [3.05, 3.63) is 167 Å². The smallest absolute Gasteiger partial charge is 0.279 e. The maximum Gasteiger partial charge on any atom is 0.279 e. The van der Waals surface area contributed by atoms with E-state index in [1.54, 1.807) is 48.5 Å². The van der Waals surface area contributed by atoms with Crippen molar-refractivity contribution in [2.75, 3.05) is 0 Å². The Balaban J connectivity index is 1.53. The quantitative estimate of drug-likeness (QED) is 0.192. The molecule has 7 aromatic rings. The zero-order chi connectivity index (χ0) is 31.5. The van der Waals surface area contributed by atoms with E-state index in [1.807, 2.05) is 97.1 Å². The second-order valence-corrected chi connectivity index (χ2v) is 10.6. The van der Waals surface area contributed by atoms with Gasteiger partial charge in [0.2, 0.25) is 0 Å². The fraction of sp³-hybridized carbons (Fsp3) is 0. The van der Waals surface area contributed by atoms with Crippen LogP contribution in [0.3, 0.4) is 0 Å². The molecule has 6 heteroatoms. The first-order chi connectivity index (χ1) is 22.6. The zero-order valence-corrected chi connectivity index (χ0v) is 24.5. The van der Waals surface area contributed by atoms with Gasteiger partial charge in [0.1, 0.15) is 11.5 Å². The lowest BCUT2D eigenvalue weighted by Gasteiger charge is -2.19. The van der Waals surface area contributed by atoms with Gasteiger partial charge in [0.05, 0.1) is 40.0 Å². The first-order valence-electron chi connectivity index (χ1n) is 14.6. The van der Waals surface area contributed by atoms with E-state index in [2.05, 4.69) is 12.1 Å². The van der Waals surface area contributed by atoms with Crippen LogP contribution in [0.4, 0.5) is 0 Å². The Kier molecular flexibility index (Phi) is 7.37. The van der Waals surface area contributed by atoms with Gasteiger partial charge in [-0.3, -0.25) is 4.79 Å². The number of fused-ring (bicyclic) bond motifs is 1. The lowest BCUT2D eigenvalue weighted by Crippen LogP contribution is -2.22. The highest BCUT2D eigenvalue weighted by Crippen LogP contribution is 2.45. The third-order valence-corrected chi connectivity index (χ3v) is 7.78. The third-order valence-electron chi connectivity index (χ3n) is 7.78. The molecule has 0 atom stereocenters. The molecule has 0 saturated heterocycles. The molecule has 0 spiro atoms. The van der Waals surface area contributed by atoms with Gasteiger partial charge in [-0.1, -0.05) is 78.9 Å². The molecule has 6 nitrogen and oxygen atoms in total. The summed E-state index contributed by atoms with van der Waals surface area (Å²) >= 11 is 0. The molecule has 0 unspecified atom stereocenters. The summed E-state index contributed by atoms with van der Waals surface area (Å²) in [6, 6.07) is 49.7. The van der Waals surface area contributed by atoms with Gasteiger partial charge in [0.25, 0.3) is 5.56 Å². The minimum absolute atomic E-state index is 0.253. The van der Waals surface area contributed by atoms with Crippen LogP contribution in [0.1, 0.15) is 11.1 Å². The molecule has 0 fully saturated rings. The molecule has 46 heavy (non-hydrogen) atoms. The SMILES string of the molecule is N#Cc1ccc(Oc2c(-c3ccccc3)cc(-c3nn(-c4ccc(C#N)cc4)c(=O)c4ccccc34)cc2-c2ccccc2)cc1. The maximum atomic E-state index is 13.7. The van der Waals surface area contributed by atoms with Crippen molar-refractivity contribution in [3.63, 3.8) is 0 Å². The van der Waals surface area contributed by atoms with Crippen LogP contribution in [0, 0.1) is 22.7 Å². The number of benzene rings is 6. The van der Waals surface area contributed by atoms with Crippen LogP contribution in [0.25, 0.3) is 50.0 Å². The number of hydrogen-bond acceptors (Lipinski definition) is 5. The second-order valence-electron chi connectivity index (χ2n) is 10.6. The summed E-state index contributed by atoms with van der Waals surface area (Å²) in [5.41, 5.74) is 6.32. The molecule has 0 amide bonds. The number of rotatable bonds is 6. The first-order valence-corrected chi connectivity index (χ1v) is 14.6. The molecule has 0 radical (unpaired) electrons. The molecule has 7 rings (SSSR count). The molecule has 0 aliphatic carbocycles. The summed E-state index contributed by atoms with van der Waals surface area (Å²) in [5, 5.41) is 24.8. The van der Waals surface area contributed by atoms with Crippen molar-refractivity contribution in [2.45, 2.75) is 0 Å². The topological polar surface area (TPSA) is 91.7 Å². The average Bonchev–Trinajstić information content (AvgIpc) is 3.13. The molecule has 6 aromatic carbocycles. The van der Waals surface area contributed by atoms with Gasteiger partial charge in [-0.05, 0) is 77.9 Å². The van der Waals surface area contributed by atoms with Gasteiger partial charge in [-0.2, -0.15) is 20.3 Å². The minimum Gasteiger partial charge on any atom is -0.456 e.